The Morgan fingerprint density at radius 3 is 1.71 bits per heavy atom. The van der Waals surface area contributed by atoms with Crippen LogP contribution in [-0.2, 0) is 0 Å². The van der Waals surface area contributed by atoms with Gasteiger partial charge in [0, 0.05) is 6.04 Å². The summed E-state index contributed by atoms with van der Waals surface area (Å²) >= 11 is 0. The van der Waals surface area contributed by atoms with Crippen molar-refractivity contribution in [3.8, 4) is 0 Å². The van der Waals surface area contributed by atoms with E-state index in [1.165, 1.54) is 38.8 Å². The van der Waals surface area contributed by atoms with E-state index < -0.39 is 0 Å². The highest BCUT2D eigenvalue weighted by molar-refractivity contribution is 4.76. The van der Waals surface area contributed by atoms with Crippen LogP contribution >= 0.6 is 0 Å². The molecule has 1 saturated carbocycles. The van der Waals surface area contributed by atoms with Crippen molar-refractivity contribution in [3.05, 3.63) is 0 Å². The third-order valence-electron chi connectivity index (χ3n) is 3.31. The van der Waals surface area contributed by atoms with E-state index in [4.69, 9.17) is 0 Å². The molecule has 0 atom stereocenters. The summed E-state index contributed by atoms with van der Waals surface area (Å²) in [5.74, 6) is 0.983. The lowest BCUT2D eigenvalue weighted by molar-refractivity contribution is 0.153. The summed E-state index contributed by atoms with van der Waals surface area (Å²) in [5.41, 5.74) is 0. The first-order chi connectivity index (χ1) is 6.77. The lowest BCUT2D eigenvalue weighted by atomic mass is 9.86. The highest BCUT2D eigenvalue weighted by atomic mass is 15.1. The van der Waals surface area contributed by atoms with Crippen LogP contribution in [0.3, 0.4) is 0 Å². The molecule has 0 radical (unpaired) electrons. The molecule has 0 aromatic heterocycles. The minimum absolute atomic E-state index is 0.899. The molecule has 1 nitrogen and oxygen atoms in total. The van der Waals surface area contributed by atoms with Crippen molar-refractivity contribution in [2.24, 2.45) is 5.92 Å². The van der Waals surface area contributed by atoms with Crippen molar-refractivity contribution in [3.63, 3.8) is 0 Å². The van der Waals surface area contributed by atoms with Gasteiger partial charge in [0.15, 0.2) is 0 Å². The fraction of sp³-hybridized carbons (Fsp3) is 1.00. The van der Waals surface area contributed by atoms with Crippen LogP contribution in [-0.4, -0.2) is 24.0 Å². The molecule has 1 aliphatic carbocycles. The molecule has 0 N–H and O–H groups in total. The molecule has 14 heavy (non-hydrogen) atoms. The molecule has 0 bridgehead atoms. The Hall–Kier alpha value is -0.0400. The molecule has 0 saturated heterocycles. The van der Waals surface area contributed by atoms with Crippen LogP contribution in [0.15, 0.2) is 0 Å². The molecule has 0 aromatic carbocycles. The summed E-state index contributed by atoms with van der Waals surface area (Å²) in [7, 11) is 0. The third kappa shape index (κ3) is 4.45. The van der Waals surface area contributed by atoms with E-state index in [0.717, 1.165) is 12.0 Å². The van der Waals surface area contributed by atoms with Crippen molar-refractivity contribution in [2.45, 2.75) is 66.3 Å². The van der Waals surface area contributed by atoms with Crippen LogP contribution in [0.1, 0.15) is 60.3 Å². The lowest BCUT2D eigenvalue weighted by Gasteiger charge is -2.34. The van der Waals surface area contributed by atoms with E-state index in [-0.39, 0.29) is 0 Å². The second-order valence-corrected chi connectivity index (χ2v) is 4.13. The van der Waals surface area contributed by atoms with Crippen LogP contribution in [0.25, 0.3) is 0 Å². The summed E-state index contributed by atoms with van der Waals surface area (Å²) in [6.07, 6.45) is 5.76. The maximum absolute atomic E-state index is 2.62. The van der Waals surface area contributed by atoms with E-state index in [0.29, 0.717) is 0 Å². The maximum Gasteiger partial charge on any atom is 0.00952 e. The topological polar surface area (TPSA) is 3.24 Å². The molecule has 0 aromatic rings. The second kappa shape index (κ2) is 8.28. The zero-order valence-corrected chi connectivity index (χ0v) is 10.8. The smallest absolute Gasteiger partial charge is 0.00952 e. The van der Waals surface area contributed by atoms with Gasteiger partial charge < -0.3 is 4.90 Å². The second-order valence-electron chi connectivity index (χ2n) is 4.13. The SMILES string of the molecule is CC.CCN(CC)C1CCC(C)CC1. The Kier molecular flexibility index (Phi) is 8.26. The Morgan fingerprint density at radius 2 is 1.36 bits per heavy atom. The predicted molar refractivity (Wildman–Crippen MR) is 65.7 cm³/mol. The summed E-state index contributed by atoms with van der Waals surface area (Å²) in [6, 6.07) is 0.899. The van der Waals surface area contributed by atoms with E-state index in [1.54, 1.807) is 0 Å². The van der Waals surface area contributed by atoms with Gasteiger partial charge in [-0.15, -0.1) is 0 Å². The molecule has 86 valence electrons. The van der Waals surface area contributed by atoms with E-state index in [1.807, 2.05) is 13.8 Å². The maximum atomic E-state index is 2.62. The van der Waals surface area contributed by atoms with Gasteiger partial charge in [0.05, 0.1) is 0 Å². The van der Waals surface area contributed by atoms with Gasteiger partial charge in [0.25, 0.3) is 0 Å². The van der Waals surface area contributed by atoms with Crippen LogP contribution in [0.4, 0.5) is 0 Å². The molecule has 1 rings (SSSR count). The van der Waals surface area contributed by atoms with Gasteiger partial charge in [-0.2, -0.15) is 0 Å². The molecule has 0 spiro atoms. The average molecular weight is 199 g/mol. The molecule has 0 heterocycles. The van der Waals surface area contributed by atoms with Crippen molar-refractivity contribution in [1.29, 1.82) is 0 Å². The van der Waals surface area contributed by atoms with Gasteiger partial charge in [-0.3, -0.25) is 0 Å². The monoisotopic (exact) mass is 199 g/mol. The van der Waals surface area contributed by atoms with Crippen LogP contribution in [0, 0.1) is 5.92 Å². The van der Waals surface area contributed by atoms with E-state index in [9.17, 15) is 0 Å². The fourth-order valence-electron chi connectivity index (χ4n) is 2.35. The standard InChI is InChI=1S/C11H23N.C2H6/c1-4-12(5-2)11-8-6-10(3)7-9-11;1-2/h10-11H,4-9H2,1-3H3;1-2H3. The molecule has 1 fully saturated rings. The van der Waals surface area contributed by atoms with Crippen molar-refractivity contribution < 1.29 is 0 Å². The Labute approximate surface area is 90.9 Å². The number of hydrogen-bond donors (Lipinski definition) is 0. The van der Waals surface area contributed by atoms with Crippen molar-refractivity contribution in [2.75, 3.05) is 13.1 Å². The van der Waals surface area contributed by atoms with Gasteiger partial charge in [0.2, 0.25) is 0 Å². The first-order valence-corrected chi connectivity index (χ1v) is 6.52. The molecular weight excluding hydrogens is 170 g/mol. The molecule has 0 unspecified atom stereocenters. The predicted octanol–water partition coefficient (Wildman–Crippen LogP) is 3.93. The quantitative estimate of drug-likeness (QED) is 0.665. The minimum Gasteiger partial charge on any atom is -0.301 e. The van der Waals surface area contributed by atoms with Crippen LogP contribution in [0.5, 0.6) is 0 Å². The number of hydrogen-bond acceptors (Lipinski definition) is 1. The molecule has 0 aliphatic heterocycles. The summed E-state index contributed by atoms with van der Waals surface area (Å²) in [4.78, 5) is 2.62. The third-order valence-corrected chi connectivity index (χ3v) is 3.31. The molecule has 1 aliphatic rings. The molecule has 1 heteroatoms. The Morgan fingerprint density at radius 1 is 0.929 bits per heavy atom. The molecule has 0 amide bonds. The minimum atomic E-state index is 0.899. The highest BCUT2D eigenvalue weighted by Crippen LogP contribution is 2.26. The fourth-order valence-corrected chi connectivity index (χ4v) is 2.35. The first kappa shape index (κ1) is 14.0. The van der Waals surface area contributed by atoms with Gasteiger partial charge in [0.1, 0.15) is 0 Å². The zero-order chi connectivity index (χ0) is 11.0. The zero-order valence-electron chi connectivity index (χ0n) is 10.8. The highest BCUT2D eigenvalue weighted by Gasteiger charge is 2.21. The number of nitrogens with zero attached hydrogens (tertiary/aromatic N) is 1. The van der Waals surface area contributed by atoms with E-state index in [2.05, 4.69) is 25.7 Å². The van der Waals surface area contributed by atoms with Gasteiger partial charge in [-0.25, -0.2) is 0 Å². The summed E-state index contributed by atoms with van der Waals surface area (Å²) in [5, 5.41) is 0. The van der Waals surface area contributed by atoms with Crippen LogP contribution < -0.4 is 0 Å². The number of rotatable bonds is 3. The molecular formula is C13H29N. The largest absolute Gasteiger partial charge is 0.301 e. The lowest BCUT2D eigenvalue weighted by Crippen LogP contribution is -2.37. The summed E-state index contributed by atoms with van der Waals surface area (Å²) < 4.78 is 0. The van der Waals surface area contributed by atoms with Gasteiger partial charge >= 0.3 is 0 Å². The van der Waals surface area contributed by atoms with Crippen molar-refractivity contribution >= 4 is 0 Å². The normalized spacial score (nSPS) is 27.0. The van der Waals surface area contributed by atoms with E-state index >= 15 is 0 Å². The Balaban J connectivity index is 0.000000791. The van der Waals surface area contributed by atoms with Crippen molar-refractivity contribution in [1.82, 2.24) is 4.90 Å². The summed E-state index contributed by atoms with van der Waals surface area (Å²) in [6.45, 7) is 13.4. The first-order valence-electron chi connectivity index (χ1n) is 6.52. The average Bonchev–Trinajstić information content (AvgIpc) is 2.25. The van der Waals surface area contributed by atoms with Crippen LogP contribution in [0.2, 0.25) is 0 Å². The van der Waals surface area contributed by atoms with Gasteiger partial charge in [-0.05, 0) is 44.7 Å². The Bertz CT molecular complexity index is 110. The van der Waals surface area contributed by atoms with Gasteiger partial charge in [-0.1, -0.05) is 34.6 Å².